The number of aromatic nitrogens is 2. The predicted octanol–water partition coefficient (Wildman–Crippen LogP) is 1.56. The minimum atomic E-state index is -0.689. The lowest BCUT2D eigenvalue weighted by Crippen LogP contribution is -2.48. The molecule has 2 heterocycles. The van der Waals surface area contributed by atoms with Crippen LogP contribution >= 0.6 is 0 Å². The van der Waals surface area contributed by atoms with Crippen LogP contribution in [0.2, 0.25) is 0 Å². The first-order valence-corrected chi connectivity index (χ1v) is 10.8. The van der Waals surface area contributed by atoms with Crippen LogP contribution in [0.25, 0.3) is 0 Å². The molecule has 0 bridgehead atoms. The molecule has 0 aromatic carbocycles. The van der Waals surface area contributed by atoms with Crippen molar-refractivity contribution in [2.75, 3.05) is 30.3 Å². The van der Waals surface area contributed by atoms with Crippen molar-refractivity contribution in [1.82, 2.24) is 14.5 Å². The summed E-state index contributed by atoms with van der Waals surface area (Å²) in [7, 11) is 0. The van der Waals surface area contributed by atoms with Crippen LogP contribution < -0.4 is 21.9 Å². The lowest BCUT2D eigenvalue weighted by Gasteiger charge is -2.30. The van der Waals surface area contributed by atoms with Crippen molar-refractivity contribution < 1.29 is 9.59 Å². The number of nitrogen functional groups attached to an aromatic ring is 1. The van der Waals surface area contributed by atoms with Crippen molar-refractivity contribution in [1.29, 1.82) is 0 Å². The number of H-pyrrole nitrogens is 1. The van der Waals surface area contributed by atoms with Gasteiger partial charge in [0, 0.05) is 26.1 Å². The van der Waals surface area contributed by atoms with E-state index in [0.29, 0.717) is 19.5 Å². The molecule has 9 nitrogen and oxygen atoms in total. The second-order valence-corrected chi connectivity index (χ2v) is 8.88. The molecule has 0 spiro atoms. The van der Waals surface area contributed by atoms with Crippen LogP contribution in [-0.4, -0.2) is 45.9 Å². The van der Waals surface area contributed by atoms with Gasteiger partial charge in [0.25, 0.3) is 5.56 Å². The van der Waals surface area contributed by atoms with Crippen molar-refractivity contribution in [2.45, 2.75) is 66.3 Å². The average Bonchev–Trinajstić information content (AvgIpc) is 2.63. The van der Waals surface area contributed by atoms with Gasteiger partial charge >= 0.3 is 5.69 Å². The first-order valence-electron chi connectivity index (χ1n) is 10.8. The van der Waals surface area contributed by atoms with E-state index in [1.54, 1.807) is 4.90 Å². The molecule has 1 saturated heterocycles. The van der Waals surface area contributed by atoms with Crippen LogP contribution in [-0.2, 0) is 16.1 Å². The molecule has 1 aliphatic heterocycles. The number of aromatic amines is 1. The van der Waals surface area contributed by atoms with E-state index in [-0.39, 0.29) is 48.2 Å². The maximum atomic E-state index is 13.3. The van der Waals surface area contributed by atoms with E-state index in [0.717, 1.165) is 25.7 Å². The number of nitrogens with zero attached hydrogens (tertiary/aromatic N) is 3. The summed E-state index contributed by atoms with van der Waals surface area (Å²) in [5, 5.41) is 0. The third-order valence-corrected chi connectivity index (χ3v) is 5.13. The SMILES string of the molecule is CC(C)CN(C(=O)CN1CCCCCCC1=O)c1c(N)n(CC(C)C)c(=O)[nH]c1=O. The van der Waals surface area contributed by atoms with Crippen molar-refractivity contribution in [3.63, 3.8) is 0 Å². The first-order chi connectivity index (χ1) is 14.1. The summed E-state index contributed by atoms with van der Waals surface area (Å²) in [5.74, 6) is -0.257. The summed E-state index contributed by atoms with van der Waals surface area (Å²) in [6.45, 7) is 8.72. The Morgan fingerprint density at radius 1 is 1.07 bits per heavy atom. The van der Waals surface area contributed by atoms with Crippen molar-refractivity contribution in [3.8, 4) is 0 Å². The highest BCUT2D eigenvalue weighted by Crippen LogP contribution is 2.20. The highest BCUT2D eigenvalue weighted by Gasteiger charge is 2.28. The molecule has 0 aliphatic carbocycles. The van der Waals surface area contributed by atoms with E-state index < -0.39 is 11.2 Å². The van der Waals surface area contributed by atoms with Gasteiger partial charge in [0.05, 0.1) is 0 Å². The molecule has 30 heavy (non-hydrogen) atoms. The topological polar surface area (TPSA) is 121 Å². The highest BCUT2D eigenvalue weighted by molar-refractivity contribution is 5.98. The second kappa shape index (κ2) is 10.4. The molecule has 0 radical (unpaired) electrons. The summed E-state index contributed by atoms with van der Waals surface area (Å²) in [4.78, 5) is 55.8. The van der Waals surface area contributed by atoms with Gasteiger partial charge in [-0.25, -0.2) is 4.79 Å². The van der Waals surface area contributed by atoms with Crippen LogP contribution in [0.3, 0.4) is 0 Å². The zero-order valence-corrected chi connectivity index (χ0v) is 18.6. The van der Waals surface area contributed by atoms with E-state index >= 15 is 0 Å². The first kappa shape index (κ1) is 23.7. The van der Waals surface area contributed by atoms with E-state index in [9.17, 15) is 19.2 Å². The molecule has 1 aromatic heterocycles. The molecular weight excluding hydrogens is 386 g/mol. The predicted molar refractivity (Wildman–Crippen MR) is 117 cm³/mol. The van der Waals surface area contributed by atoms with Gasteiger partial charge in [-0.3, -0.25) is 23.9 Å². The largest absolute Gasteiger partial charge is 0.383 e. The van der Waals surface area contributed by atoms with Gasteiger partial charge in [0.2, 0.25) is 11.8 Å². The molecule has 9 heteroatoms. The van der Waals surface area contributed by atoms with E-state index in [1.165, 1.54) is 9.47 Å². The minimum Gasteiger partial charge on any atom is -0.383 e. The minimum absolute atomic E-state index is 0.0200. The molecule has 0 atom stereocenters. The summed E-state index contributed by atoms with van der Waals surface area (Å²) < 4.78 is 1.29. The number of likely N-dealkylation sites (tertiary alicyclic amines) is 1. The monoisotopic (exact) mass is 421 g/mol. The standard InChI is InChI=1S/C21H35N5O4/c1-14(2)11-25(17(28)13-24-10-8-6-5-7-9-16(24)27)18-19(22)26(12-15(3)4)21(30)23-20(18)29/h14-15H,5-13,22H2,1-4H3,(H,23,29,30). The fourth-order valence-electron chi connectivity index (χ4n) is 3.70. The Morgan fingerprint density at radius 3 is 2.37 bits per heavy atom. The molecule has 2 amide bonds. The number of hydrogen-bond donors (Lipinski definition) is 2. The zero-order valence-electron chi connectivity index (χ0n) is 18.6. The molecule has 1 fully saturated rings. The van der Waals surface area contributed by atoms with Crippen molar-refractivity contribution in [2.24, 2.45) is 11.8 Å². The molecule has 168 valence electrons. The van der Waals surface area contributed by atoms with Gasteiger partial charge in [-0.15, -0.1) is 0 Å². The Bertz CT molecular complexity index is 871. The highest BCUT2D eigenvalue weighted by atomic mass is 16.2. The van der Waals surface area contributed by atoms with Gasteiger partial charge < -0.3 is 15.5 Å². The summed E-state index contributed by atoms with van der Waals surface area (Å²) in [6, 6.07) is 0. The molecule has 2 rings (SSSR count). The molecule has 1 aromatic rings. The van der Waals surface area contributed by atoms with Crippen LogP contribution in [0, 0.1) is 11.8 Å². The molecule has 0 saturated carbocycles. The van der Waals surface area contributed by atoms with Gasteiger partial charge in [-0.05, 0) is 24.7 Å². The zero-order chi connectivity index (χ0) is 22.4. The Kier molecular flexibility index (Phi) is 8.25. The molecule has 1 aliphatic rings. The summed E-state index contributed by atoms with van der Waals surface area (Å²) in [6.07, 6.45) is 4.16. The van der Waals surface area contributed by atoms with E-state index in [1.807, 2.05) is 27.7 Å². The quantitative estimate of drug-likeness (QED) is 0.692. The smallest absolute Gasteiger partial charge is 0.330 e. The van der Waals surface area contributed by atoms with Gasteiger partial charge in [-0.2, -0.15) is 0 Å². The van der Waals surface area contributed by atoms with Crippen LogP contribution in [0.5, 0.6) is 0 Å². The number of rotatable bonds is 7. The third-order valence-electron chi connectivity index (χ3n) is 5.13. The maximum Gasteiger partial charge on any atom is 0.330 e. The Balaban J connectivity index is 2.42. The fraction of sp³-hybridized carbons (Fsp3) is 0.714. The third kappa shape index (κ3) is 5.96. The number of nitrogens with one attached hydrogen (secondary N) is 1. The summed E-state index contributed by atoms with van der Waals surface area (Å²) in [5.41, 5.74) is 4.92. The number of anilines is 2. The Labute approximate surface area is 177 Å². The van der Waals surface area contributed by atoms with Crippen molar-refractivity contribution >= 4 is 23.3 Å². The number of amides is 2. The lowest BCUT2D eigenvalue weighted by molar-refractivity contribution is -0.135. The van der Waals surface area contributed by atoms with Crippen molar-refractivity contribution in [3.05, 3.63) is 20.8 Å². The normalized spacial score (nSPS) is 15.4. The Morgan fingerprint density at radius 2 is 1.73 bits per heavy atom. The van der Waals surface area contributed by atoms with Crippen LogP contribution in [0.1, 0.15) is 59.8 Å². The van der Waals surface area contributed by atoms with Crippen LogP contribution in [0.4, 0.5) is 11.5 Å². The van der Waals surface area contributed by atoms with E-state index in [4.69, 9.17) is 5.73 Å². The van der Waals surface area contributed by atoms with Gasteiger partial charge in [-0.1, -0.05) is 40.5 Å². The number of carbonyl (C=O) groups excluding carboxylic acids is 2. The van der Waals surface area contributed by atoms with E-state index in [2.05, 4.69) is 4.98 Å². The number of carbonyl (C=O) groups is 2. The second-order valence-electron chi connectivity index (χ2n) is 8.88. The molecular formula is C21H35N5O4. The van der Waals surface area contributed by atoms with Gasteiger partial charge in [0.15, 0.2) is 5.69 Å². The van der Waals surface area contributed by atoms with Gasteiger partial charge in [0.1, 0.15) is 12.4 Å². The maximum absolute atomic E-state index is 13.3. The Hall–Kier alpha value is -2.58. The summed E-state index contributed by atoms with van der Waals surface area (Å²) >= 11 is 0. The molecule has 0 unspecified atom stereocenters. The van der Waals surface area contributed by atoms with Crippen LogP contribution in [0.15, 0.2) is 9.59 Å². The number of nitrogens with two attached hydrogens (primary N) is 1. The fourth-order valence-corrected chi connectivity index (χ4v) is 3.70. The number of hydrogen-bond acceptors (Lipinski definition) is 5. The average molecular weight is 422 g/mol. The lowest BCUT2D eigenvalue weighted by atomic mass is 10.1. The molecule has 3 N–H and O–H groups in total.